The second-order valence-corrected chi connectivity index (χ2v) is 5.54. The van der Waals surface area contributed by atoms with Crippen molar-refractivity contribution in [3.8, 4) is 11.5 Å². The molecule has 128 valence electrons. The fourth-order valence-corrected chi connectivity index (χ4v) is 2.35. The molecule has 1 amide bonds. The summed E-state index contributed by atoms with van der Waals surface area (Å²) < 4.78 is 10.5. The fourth-order valence-electron chi connectivity index (χ4n) is 2.35. The molecule has 0 aliphatic rings. The van der Waals surface area contributed by atoms with Crippen LogP contribution in [0.25, 0.3) is 0 Å². The first-order chi connectivity index (χ1) is 11.5. The molecule has 0 atom stereocenters. The van der Waals surface area contributed by atoms with Gasteiger partial charge in [0.25, 0.3) is 0 Å². The number of carbonyl (C=O) groups excluding carboxylic acids is 1. The maximum absolute atomic E-state index is 12.1. The van der Waals surface area contributed by atoms with Gasteiger partial charge in [-0.3, -0.25) is 4.79 Å². The molecule has 0 unspecified atom stereocenters. The standard InChI is InChI=1S/C19H24N2O3/c1-13-6-5-7-16(14(13)2)21-19(22)10-11-20-17-9-8-15(23-3)12-18(17)24-4/h5-9,12,20H,10-11H2,1-4H3,(H,21,22). The zero-order chi connectivity index (χ0) is 17.5. The van der Waals surface area contributed by atoms with Crippen LogP contribution in [0.4, 0.5) is 11.4 Å². The lowest BCUT2D eigenvalue weighted by molar-refractivity contribution is -0.115. The number of carbonyl (C=O) groups is 1. The molecular formula is C19H24N2O3. The largest absolute Gasteiger partial charge is 0.497 e. The molecule has 2 aromatic carbocycles. The Hall–Kier alpha value is -2.69. The van der Waals surface area contributed by atoms with E-state index in [1.807, 2.05) is 44.2 Å². The van der Waals surface area contributed by atoms with Gasteiger partial charge in [0, 0.05) is 24.7 Å². The van der Waals surface area contributed by atoms with Crippen molar-refractivity contribution < 1.29 is 14.3 Å². The summed E-state index contributed by atoms with van der Waals surface area (Å²) >= 11 is 0. The van der Waals surface area contributed by atoms with Crippen molar-refractivity contribution in [3.63, 3.8) is 0 Å². The smallest absolute Gasteiger partial charge is 0.226 e. The van der Waals surface area contributed by atoms with E-state index in [9.17, 15) is 4.79 Å². The molecule has 0 aliphatic heterocycles. The van der Waals surface area contributed by atoms with E-state index in [4.69, 9.17) is 9.47 Å². The molecule has 0 aliphatic carbocycles. The van der Waals surface area contributed by atoms with Gasteiger partial charge in [-0.25, -0.2) is 0 Å². The van der Waals surface area contributed by atoms with Crippen molar-refractivity contribution >= 4 is 17.3 Å². The minimum absolute atomic E-state index is 0.0244. The Morgan fingerprint density at radius 2 is 1.83 bits per heavy atom. The molecule has 0 spiro atoms. The Morgan fingerprint density at radius 1 is 1.04 bits per heavy atom. The van der Waals surface area contributed by atoms with Crippen LogP contribution < -0.4 is 20.1 Å². The lowest BCUT2D eigenvalue weighted by Gasteiger charge is -2.13. The molecule has 0 fully saturated rings. The van der Waals surface area contributed by atoms with E-state index in [-0.39, 0.29) is 5.91 Å². The monoisotopic (exact) mass is 328 g/mol. The second kappa shape index (κ2) is 8.24. The molecule has 0 bridgehead atoms. The first kappa shape index (κ1) is 17.7. The number of hydrogen-bond donors (Lipinski definition) is 2. The van der Waals surface area contributed by atoms with E-state index in [1.54, 1.807) is 20.3 Å². The number of rotatable bonds is 7. The van der Waals surface area contributed by atoms with Crippen LogP contribution in [0.5, 0.6) is 11.5 Å². The highest BCUT2D eigenvalue weighted by atomic mass is 16.5. The van der Waals surface area contributed by atoms with Crippen molar-refractivity contribution in [2.75, 3.05) is 31.4 Å². The van der Waals surface area contributed by atoms with Crippen molar-refractivity contribution in [1.82, 2.24) is 0 Å². The predicted molar refractivity (Wildman–Crippen MR) is 97.2 cm³/mol. The number of benzene rings is 2. The van der Waals surface area contributed by atoms with Gasteiger partial charge >= 0.3 is 0 Å². The molecule has 0 radical (unpaired) electrons. The topological polar surface area (TPSA) is 59.6 Å². The average Bonchev–Trinajstić information content (AvgIpc) is 2.59. The van der Waals surface area contributed by atoms with E-state index in [0.29, 0.717) is 18.7 Å². The van der Waals surface area contributed by atoms with Gasteiger partial charge in [0.2, 0.25) is 5.91 Å². The van der Waals surface area contributed by atoms with Gasteiger partial charge in [0.05, 0.1) is 19.9 Å². The number of aryl methyl sites for hydroxylation is 1. The maximum Gasteiger partial charge on any atom is 0.226 e. The van der Waals surface area contributed by atoms with Crippen LogP contribution in [-0.4, -0.2) is 26.7 Å². The zero-order valence-corrected chi connectivity index (χ0v) is 14.6. The Balaban J connectivity index is 1.90. The third-order valence-corrected chi connectivity index (χ3v) is 3.95. The van der Waals surface area contributed by atoms with Gasteiger partial charge in [-0.1, -0.05) is 12.1 Å². The molecule has 0 heterocycles. The van der Waals surface area contributed by atoms with Crippen LogP contribution in [-0.2, 0) is 4.79 Å². The van der Waals surface area contributed by atoms with E-state index in [0.717, 1.165) is 28.3 Å². The third-order valence-electron chi connectivity index (χ3n) is 3.95. The molecule has 2 rings (SSSR count). The van der Waals surface area contributed by atoms with E-state index in [2.05, 4.69) is 10.6 Å². The molecular weight excluding hydrogens is 304 g/mol. The van der Waals surface area contributed by atoms with Crippen molar-refractivity contribution in [1.29, 1.82) is 0 Å². The first-order valence-corrected chi connectivity index (χ1v) is 7.87. The van der Waals surface area contributed by atoms with Crippen molar-refractivity contribution in [2.24, 2.45) is 0 Å². The van der Waals surface area contributed by atoms with Gasteiger partial charge < -0.3 is 20.1 Å². The van der Waals surface area contributed by atoms with Crippen LogP contribution in [0.2, 0.25) is 0 Å². The van der Waals surface area contributed by atoms with Gasteiger partial charge in [0.1, 0.15) is 11.5 Å². The normalized spacial score (nSPS) is 10.2. The summed E-state index contributed by atoms with van der Waals surface area (Å²) in [4.78, 5) is 12.1. The number of amides is 1. The predicted octanol–water partition coefficient (Wildman–Crippen LogP) is 3.76. The number of anilines is 2. The summed E-state index contributed by atoms with van der Waals surface area (Å²) in [6, 6.07) is 11.4. The molecule has 0 aromatic heterocycles. The fraction of sp³-hybridized carbons (Fsp3) is 0.316. The van der Waals surface area contributed by atoms with Crippen LogP contribution >= 0.6 is 0 Å². The second-order valence-electron chi connectivity index (χ2n) is 5.54. The van der Waals surface area contributed by atoms with Crippen molar-refractivity contribution in [2.45, 2.75) is 20.3 Å². The summed E-state index contributed by atoms with van der Waals surface area (Å²) in [5.74, 6) is 1.39. The number of nitrogens with one attached hydrogen (secondary N) is 2. The summed E-state index contributed by atoms with van der Waals surface area (Å²) in [5, 5.41) is 6.17. The molecule has 5 nitrogen and oxygen atoms in total. The van der Waals surface area contributed by atoms with Crippen LogP contribution in [0.15, 0.2) is 36.4 Å². The van der Waals surface area contributed by atoms with Crippen LogP contribution in [0.3, 0.4) is 0 Å². The SMILES string of the molecule is COc1ccc(NCCC(=O)Nc2cccc(C)c2C)c(OC)c1. The Labute approximate surface area is 143 Å². The minimum Gasteiger partial charge on any atom is -0.497 e. The molecule has 2 N–H and O–H groups in total. The average molecular weight is 328 g/mol. The molecule has 5 heteroatoms. The number of hydrogen-bond acceptors (Lipinski definition) is 4. The first-order valence-electron chi connectivity index (χ1n) is 7.87. The Kier molecular flexibility index (Phi) is 6.07. The van der Waals surface area contributed by atoms with Crippen LogP contribution in [0, 0.1) is 13.8 Å². The molecule has 2 aromatic rings. The number of methoxy groups -OCH3 is 2. The van der Waals surface area contributed by atoms with Gasteiger partial charge in [0.15, 0.2) is 0 Å². The van der Waals surface area contributed by atoms with E-state index in [1.165, 1.54) is 0 Å². The lowest BCUT2D eigenvalue weighted by Crippen LogP contribution is -2.17. The van der Waals surface area contributed by atoms with Gasteiger partial charge in [-0.15, -0.1) is 0 Å². The molecule has 0 saturated heterocycles. The van der Waals surface area contributed by atoms with E-state index >= 15 is 0 Å². The molecule has 24 heavy (non-hydrogen) atoms. The quantitative estimate of drug-likeness (QED) is 0.812. The highest BCUT2D eigenvalue weighted by molar-refractivity contribution is 5.92. The van der Waals surface area contributed by atoms with Crippen molar-refractivity contribution in [3.05, 3.63) is 47.5 Å². The summed E-state index contributed by atoms with van der Waals surface area (Å²) in [7, 11) is 3.21. The number of ether oxygens (including phenoxy) is 2. The van der Waals surface area contributed by atoms with E-state index < -0.39 is 0 Å². The van der Waals surface area contributed by atoms with Crippen LogP contribution in [0.1, 0.15) is 17.5 Å². The molecule has 0 saturated carbocycles. The Morgan fingerprint density at radius 3 is 2.54 bits per heavy atom. The zero-order valence-electron chi connectivity index (χ0n) is 14.6. The van der Waals surface area contributed by atoms with Gasteiger partial charge in [-0.2, -0.15) is 0 Å². The maximum atomic E-state index is 12.1. The summed E-state index contributed by atoms with van der Waals surface area (Å²) in [5.41, 5.74) is 3.95. The minimum atomic E-state index is -0.0244. The third kappa shape index (κ3) is 4.41. The van der Waals surface area contributed by atoms with Gasteiger partial charge in [-0.05, 0) is 43.2 Å². The highest BCUT2D eigenvalue weighted by Crippen LogP contribution is 2.28. The highest BCUT2D eigenvalue weighted by Gasteiger charge is 2.08. The lowest BCUT2D eigenvalue weighted by atomic mass is 10.1. The summed E-state index contributed by atoms with van der Waals surface area (Å²) in [6.45, 7) is 4.55. The Bertz CT molecular complexity index is 714. The summed E-state index contributed by atoms with van der Waals surface area (Å²) in [6.07, 6.45) is 0.364.